The molecule has 1 aliphatic heterocycles. The minimum absolute atomic E-state index is 0.0216. The zero-order valence-corrected chi connectivity index (χ0v) is 9.12. The van der Waals surface area contributed by atoms with Crippen LogP contribution in [0.3, 0.4) is 0 Å². The van der Waals surface area contributed by atoms with Gasteiger partial charge in [-0.15, -0.1) is 11.3 Å². The predicted molar refractivity (Wildman–Crippen MR) is 60.3 cm³/mol. The second-order valence-electron chi connectivity index (χ2n) is 3.37. The number of carbonyl (C=O) groups excluding carboxylic acids is 1. The molecule has 0 radical (unpaired) electrons. The van der Waals surface area contributed by atoms with Gasteiger partial charge in [-0.25, -0.2) is 0 Å². The molecule has 0 aliphatic carbocycles. The highest BCUT2D eigenvalue weighted by molar-refractivity contribution is 7.12. The summed E-state index contributed by atoms with van der Waals surface area (Å²) in [5, 5.41) is 1.89. The quantitative estimate of drug-likeness (QED) is 0.747. The molecule has 0 unspecified atom stereocenters. The Morgan fingerprint density at radius 1 is 1.19 bits per heavy atom. The molecule has 0 fully saturated rings. The Labute approximate surface area is 96.2 Å². The first kappa shape index (κ1) is 9.42. The summed E-state index contributed by atoms with van der Waals surface area (Å²) in [6, 6.07) is 8.94. The average Bonchev–Trinajstić information content (AvgIpc) is 2.98. The predicted octanol–water partition coefficient (Wildman–Crippen LogP) is 2.71. The molecule has 0 bridgehead atoms. The van der Waals surface area contributed by atoms with Gasteiger partial charge >= 0.3 is 0 Å². The van der Waals surface area contributed by atoms with Crippen LogP contribution in [0.1, 0.15) is 15.2 Å². The van der Waals surface area contributed by atoms with Crippen LogP contribution < -0.4 is 9.47 Å². The molecule has 0 spiro atoms. The highest BCUT2D eigenvalue weighted by Gasteiger charge is 2.17. The van der Waals surface area contributed by atoms with Gasteiger partial charge in [-0.2, -0.15) is 0 Å². The lowest BCUT2D eigenvalue weighted by molar-refractivity contribution is 0.104. The number of thiophene rings is 1. The summed E-state index contributed by atoms with van der Waals surface area (Å²) in [6.07, 6.45) is 0. The second-order valence-corrected chi connectivity index (χ2v) is 4.32. The minimum atomic E-state index is 0.0216. The normalized spacial score (nSPS) is 12.8. The molecule has 2 aromatic rings. The average molecular weight is 232 g/mol. The fraction of sp³-hybridized carbons (Fsp3) is 0.0833. The molecule has 0 N–H and O–H groups in total. The first-order chi connectivity index (χ1) is 7.84. The van der Waals surface area contributed by atoms with Crippen LogP contribution in [0.25, 0.3) is 0 Å². The fourth-order valence-corrected chi connectivity index (χ4v) is 2.27. The van der Waals surface area contributed by atoms with Gasteiger partial charge in [-0.1, -0.05) is 6.07 Å². The van der Waals surface area contributed by atoms with E-state index in [2.05, 4.69) is 0 Å². The van der Waals surface area contributed by atoms with Crippen molar-refractivity contribution in [3.8, 4) is 11.5 Å². The summed E-state index contributed by atoms with van der Waals surface area (Å²) in [4.78, 5) is 12.8. The van der Waals surface area contributed by atoms with Crippen molar-refractivity contribution in [1.82, 2.24) is 0 Å². The summed E-state index contributed by atoms with van der Waals surface area (Å²) >= 11 is 1.44. The standard InChI is InChI=1S/C12H8O3S/c13-12(11-2-1-5-16-11)8-3-4-9-10(6-8)15-7-14-9/h1-6H,7H2. The smallest absolute Gasteiger partial charge is 0.231 e. The molecule has 1 aromatic carbocycles. The van der Waals surface area contributed by atoms with Crippen LogP contribution in [-0.2, 0) is 0 Å². The van der Waals surface area contributed by atoms with E-state index in [1.807, 2.05) is 17.5 Å². The molecule has 4 heteroatoms. The minimum Gasteiger partial charge on any atom is -0.454 e. The van der Waals surface area contributed by atoms with E-state index in [1.165, 1.54) is 11.3 Å². The third kappa shape index (κ3) is 1.47. The van der Waals surface area contributed by atoms with E-state index < -0.39 is 0 Å². The summed E-state index contributed by atoms with van der Waals surface area (Å²) in [5.74, 6) is 1.36. The van der Waals surface area contributed by atoms with E-state index in [4.69, 9.17) is 9.47 Å². The topological polar surface area (TPSA) is 35.5 Å². The van der Waals surface area contributed by atoms with Crippen molar-refractivity contribution in [3.05, 3.63) is 46.2 Å². The number of rotatable bonds is 2. The SMILES string of the molecule is O=C(c1ccc2c(c1)OCO2)c1cccs1. The van der Waals surface area contributed by atoms with Crippen molar-refractivity contribution >= 4 is 17.1 Å². The Bertz CT molecular complexity index is 531. The molecular formula is C12H8O3S. The lowest BCUT2D eigenvalue weighted by Crippen LogP contribution is -1.98. The van der Waals surface area contributed by atoms with Crippen LogP contribution in [0, 0.1) is 0 Å². The van der Waals surface area contributed by atoms with Crippen LogP contribution in [0.15, 0.2) is 35.7 Å². The Kier molecular flexibility index (Phi) is 2.15. The van der Waals surface area contributed by atoms with Crippen molar-refractivity contribution in [2.45, 2.75) is 0 Å². The number of hydrogen-bond donors (Lipinski definition) is 0. The van der Waals surface area contributed by atoms with Gasteiger partial charge in [0.25, 0.3) is 0 Å². The van der Waals surface area contributed by atoms with Crippen molar-refractivity contribution in [2.24, 2.45) is 0 Å². The highest BCUT2D eigenvalue weighted by atomic mass is 32.1. The third-order valence-electron chi connectivity index (χ3n) is 2.38. The number of fused-ring (bicyclic) bond motifs is 1. The van der Waals surface area contributed by atoms with Gasteiger partial charge in [0.1, 0.15) is 0 Å². The monoisotopic (exact) mass is 232 g/mol. The van der Waals surface area contributed by atoms with Crippen molar-refractivity contribution in [2.75, 3.05) is 6.79 Å². The van der Waals surface area contributed by atoms with Crippen LogP contribution in [0.4, 0.5) is 0 Å². The number of ketones is 1. The summed E-state index contributed by atoms with van der Waals surface area (Å²) in [5.41, 5.74) is 0.631. The third-order valence-corrected chi connectivity index (χ3v) is 3.25. The van der Waals surface area contributed by atoms with E-state index in [0.29, 0.717) is 17.1 Å². The van der Waals surface area contributed by atoms with E-state index in [-0.39, 0.29) is 12.6 Å². The van der Waals surface area contributed by atoms with Gasteiger partial charge in [0, 0.05) is 5.56 Å². The molecule has 0 saturated heterocycles. The maximum atomic E-state index is 12.0. The Morgan fingerprint density at radius 3 is 2.88 bits per heavy atom. The second kappa shape index (κ2) is 3.64. The number of carbonyl (C=O) groups is 1. The van der Waals surface area contributed by atoms with Gasteiger partial charge in [0.05, 0.1) is 4.88 Å². The van der Waals surface area contributed by atoms with Crippen molar-refractivity contribution < 1.29 is 14.3 Å². The zero-order valence-electron chi connectivity index (χ0n) is 8.30. The maximum Gasteiger partial charge on any atom is 0.231 e. The maximum absolute atomic E-state index is 12.0. The zero-order chi connectivity index (χ0) is 11.0. The molecule has 1 aliphatic rings. The van der Waals surface area contributed by atoms with Crippen LogP contribution in [0.2, 0.25) is 0 Å². The van der Waals surface area contributed by atoms with Crippen LogP contribution in [0.5, 0.6) is 11.5 Å². The molecular weight excluding hydrogens is 224 g/mol. The van der Waals surface area contributed by atoms with Crippen LogP contribution in [-0.4, -0.2) is 12.6 Å². The van der Waals surface area contributed by atoms with Crippen LogP contribution >= 0.6 is 11.3 Å². The van der Waals surface area contributed by atoms with Gasteiger partial charge in [0.2, 0.25) is 12.6 Å². The Balaban J connectivity index is 1.99. The lowest BCUT2D eigenvalue weighted by atomic mass is 10.1. The van der Waals surface area contributed by atoms with E-state index in [1.54, 1.807) is 18.2 Å². The first-order valence-corrected chi connectivity index (χ1v) is 5.70. The van der Waals surface area contributed by atoms with Gasteiger partial charge in [-0.05, 0) is 29.6 Å². The molecule has 0 saturated carbocycles. The first-order valence-electron chi connectivity index (χ1n) is 4.82. The highest BCUT2D eigenvalue weighted by Crippen LogP contribution is 2.33. The van der Waals surface area contributed by atoms with Gasteiger partial charge in [0.15, 0.2) is 11.5 Å². The number of benzene rings is 1. The molecule has 1 aromatic heterocycles. The van der Waals surface area contributed by atoms with Crippen molar-refractivity contribution in [1.29, 1.82) is 0 Å². The fourth-order valence-electron chi connectivity index (χ4n) is 1.59. The van der Waals surface area contributed by atoms with E-state index in [9.17, 15) is 4.79 Å². The van der Waals surface area contributed by atoms with E-state index in [0.717, 1.165) is 4.88 Å². The molecule has 3 rings (SSSR count). The molecule has 0 amide bonds. The molecule has 2 heterocycles. The van der Waals surface area contributed by atoms with E-state index >= 15 is 0 Å². The molecule has 3 nitrogen and oxygen atoms in total. The molecule has 16 heavy (non-hydrogen) atoms. The largest absolute Gasteiger partial charge is 0.454 e. The lowest BCUT2D eigenvalue weighted by Gasteiger charge is -2.00. The van der Waals surface area contributed by atoms with Gasteiger partial charge < -0.3 is 9.47 Å². The molecule has 80 valence electrons. The van der Waals surface area contributed by atoms with Gasteiger partial charge in [-0.3, -0.25) is 4.79 Å². The Hall–Kier alpha value is -1.81. The van der Waals surface area contributed by atoms with Crippen molar-refractivity contribution in [3.63, 3.8) is 0 Å². The Morgan fingerprint density at radius 2 is 2.06 bits per heavy atom. The summed E-state index contributed by atoms with van der Waals surface area (Å²) in [6.45, 7) is 0.228. The number of hydrogen-bond acceptors (Lipinski definition) is 4. The number of ether oxygens (including phenoxy) is 2. The molecule has 0 atom stereocenters. The summed E-state index contributed by atoms with van der Waals surface area (Å²) < 4.78 is 10.4. The summed E-state index contributed by atoms with van der Waals surface area (Å²) in [7, 11) is 0.